The van der Waals surface area contributed by atoms with E-state index in [1.54, 1.807) is 12.1 Å². The zero-order valence-electron chi connectivity index (χ0n) is 28.5. The number of halogens is 4. The Bertz CT molecular complexity index is 2240. The number of carbonyl (C=O) groups is 4. The van der Waals surface area contributed by atoms with E-state index in [0.29, 0.717) is 9.63 Å². The largest absolute Gasteiger partial charge is 0.619 e. The summed E-state index contributed by atoms with van der Waals surface area (Å²) in [5, 5.41) is 11.8. The molecule has 1 fully saturated rings. The number of carbonyl (C=O) groups excluding carboxylic acids is 4. The van der Waals surface area contributed by atoms with Crippen LogP contribution in [0.5, 0.6) is 11.5 Å². The average Bonchev–Trinajstić information content (AvgIpc) is 3.94. The fourth-order valence-electron chi connectivity index (χ4n) is 5.60. The highest BCUT2D eigenvalue weighted by molar-refractivity contribution is 7.92. The molecule has 3 heterocycles. The van der Waals surface area contributed by atoms with E-state index in [1.807, 2.05) is 0 Å². The third-order valence-corrected chi connectivity index (χ3v) is 10.5. The molecule has 2 aliphatic rings. The summed E-state index contributed by atoms with van der Waals surface area (Å²) in [6.45, 7) is -3.82. The smallest absolute Gasteiger partial charge is 0.387 e. The first-order valence-electron chi connectivity index (χ1n) is 16.6. The van der Waals surface area contributed by atoms with E-state index >= 15 is 0 Å². The molecule has 14 nitrogen and oxygen atoms in total. The van der Waals surface area contributed by atoms with Gasteiger partial charge in [-0.2, -0.15) is 13.5 Å². The summed E-state index contributed by atoms with van der Waals surface area (Å²) >= 11 is 12.6. The number of Topliss-reactive ketones (excluding diaryl/α,β-unsaturated/α-hetero) is 1. The highest BCUT2D eigenvalue weighted by Crippen LogP contribution is 2.38. The van der Waals surface area contributed by atoms with E-state index in [0.717, 1.165) is 31.3 Å². The number of anilines is 1. The molecule has 1 aliphatic carbocycles. The van der Waals surface area contributed by atoms with Crippen LogP contribution in [0, 0.1) is 11.1 Å². The molecule has 1 N–H and O–H groups in total. The van der Waals surface area contributed by atoms with Crippen LogP contribution < -0.4 is 18.9 Å². The van der Waals surface area contributed by atoms with Crippen molar-refractivity contribution in [3.63, 3.8) is 0 Å². The Morgan fingerprint density at radius 2 is 1.73 bits per heavy atom. The number of fused-ring (bicyclic) bond motifs is 1. The number of amides is 2. The number of nitrogens with one attached hydrogen (secondary N) is 1. The summed E-state index contributed by atoms with van der Waals surface area (Å²) < 4.78 is 70.8. The number of imide groups is 1. The predicted octanol–water partition coefficient (Wildman–Crippen LogP) is 5.55. The molecule has 1 atom stereocenters. The second-order valence-corrected chi connectivity index (χ2v) is 15.2. The lowest BCUT2D eigenvalue weighted by molar-refractivity contribution is -0.605. The van der Waals surface area contributed by atoms with Gasteiger partial charge < -0.3 is 19.4 Å². The van der Waals surface area contributed by atoms with Crippen LogP contribution in [0.3, 0.4) is 0 Å². The third kappa shape index (κ3) is 9.84. The monoisotopic (exact) mass is 818 g/mol. The van der Waals surface area contributed by atoms with Gasteiger partial charge in [0, 0.05) is 30.3 Å². The van der Waals surface area contributed by atoms with Crippen LogP contribution in [0.25, 0.3) is 0 Å². The van der Waals surface area contributed by atoms with Crippen LogP contribution in [0.2, 0.25) is 10.0 Å². The number of esters is 1. The van der Waals surface area contributed by atoms with Crippen LogP contribution in [0.4, 0.5) is 14.5 Å². The van der Waals surface area contributed by atoms with Gasteiger partial charge in [-0.3, -0.25) is 33.8 Å². The van der Waals surface area contributed by atoms with Crippen LogP contribution in [-0.2, 0) is 26.0 Å². The first kappa shape index (κ1) is 39.3. The number of hydrogen-bond donors (Lipinski definition) is 1. The zero-order valence-corrected chi connectivity index (χ0v) is 30.8. The molecule has 4 aromatic rings. The van der Waals surface area contributed by atoms with Gasteiger partial charge in [-0.25, -0.2) is 8.42 Å². The number of sulfonamides is 1. The molecule has 2 aromatic carbocycles. The van der Waals surface area contributed by atoms with Crippen LogP contribution >= 0.6 is 23.2 Å². The molecular weight excluding hydrogens is 789 g/mol. The van der Waals surface area contributed by atoms with E-state index in [4.69, 9.17) is 32.7 Å². The number of ether oxygens (including phenoxy) is 3. The molecule has 0 saturated heterocycles. The Hall–Kier alpha value is -5.39. The molecule has 2 amide bonds. The van der Waals surface area contributed by atoms with E-state index in [9.17, 15) is 41.6 Å². The Morgan fingerprint density at radius 3 is 2.40 bits per heavy atom. The number of hydrogen-bond acceptors (Lipinski definition) is 11. The highest BCUT2D eigenvalue weighted by atomic mass is 35.5. The number of benzene rings is 2. The van der Waals surface area contributed by atoms with Gasteiger partial charge in [-0.1, -0.05) is 35.3 Å². The minimum absolute atomic E-state index is 0.0556. The normalized spacial score (nSPS) is 14.5. The Morgan fingerprint density at radius 1 is 1.00 bits per heavy atom. The van der Waals surface area contributed by atoms with Crippen molar-refractivity contribution in [2.24, 2.45) is 5.92 Å². The lowest BCUT2D eigenvalue weighted by Gasteiger charge is -2.22. The van der Waals surface area contributed by atoms with E-state index in [1.165, 1.54) is 42.6 Å². The molecule has 0 bridgehead atoms. The van der Waals surface area contributed by atoms with Crippen molar-refractivity contribution < 1.29 is 55.3 Å². The van der Waals surface area contributed by atoms with E-state index in [-0.39, 0.29) is 80.5 Å². The fourth-order valence-corrected chi connectivity index (χ4v) is 7.24. The van der Waals surface area contributed by atoms with Crippen molar-refractivity contribution >= 4 is 62.5 Å². The first-order valence-corrected chi connectivity index (χ1v) is 19.0. The summed E-state index contributed by atoms with van der Waals surface area (Å²) in [6, 6.07) is 12.2. The summed E-state index contributed by atoms with van der Waals surface area (Å²) in [6.07, 6.45) is 3.40. The van der Waals surface area contributed by atoms with E-state index < -0.39 is 58.6 Å². The van der Waals surface area contributed by atoms with Crippen LogP contribution in [0.1, 0.15) is 67.7 Å². The fraction of sp³-hybridized carbons (Fsp3) is 0.278. The second kappa shape index (κ2) is 16.5. The maximum absolute atomic E-state index is 13.5. The van der Waals surface area contributed by atoms with Gasteiger partial charge in [-0.05, 0) is 66.8 Å². The van der Waals surface area contributed by atoms with Crippen molar-refractivity contribution in [1.29, 1.82) is 0 Å². The van der Waals surface area contributed by atoms with Gasteiger partial charge in [-0.15, -0.1) is 0 Å². The van der Waals surface area contributed by atoms with Gasteiger partial charge in [0.25, 0.3) is 11.8 Å². The number of pyridine rings is 2. The molecule has 0 spiro atoms. The molecule has 0 unspecified atom stereocenters. The van der Waals surface area contributed by atoms with Gasteiger partial charge in [0.15, 0.2) is 29.7 Å². The number of ketones is 1. The van der Waals surface area contributed by atoms with Crippen molar-refractivity contribution in [3.8, 4) is 11.5 Å². The van der Waals surface area contributed by atoms with Gasteiger partial charge in [0.1, 0.15) is 28.4 Å². The molecule has 1 aliphatic heterocycles. The number of aromatic nitrogens is 2. The van der Waals surface area contributed by atoms with E-state index in [2.05, 4.69) is 14.4 Å². The summed E-state index contributed by atoms with van der Waals surface area (Å²) in [5.74, 6) is -4.01. The minimum atomic E-state index is -4.08. The maximum Gasteiger partial charge on any atom is 0.387 e. The molecule has 55 heavy (non-hydrogen) atoms. The van der Waals surface area contributed by atoms with Gasteiger partial charge in [0.05, 0.1) is 23.5 Å². The minimum Gasteiger partial charge on any atom is -0.619 e. The molecule has 1 saturated carbocycles. The lowest BCUT2D eigenvalue weighted by atomic mass is 10.0. The molecule has 6 rings (SSSR count). The molecule has 0 radical (unpaired) electrons. The van der Waals surface area contributed by atoms with Crippen LogP contribution in [-0.4, -0.2) is 67.4 Å². The Balaban J connectivity index is 1.18. The Kier molecular flexibility index (Phi) is 11.8. The molecule has 288 valence electrons. The molecular formula is C36H30Cl2F2N4O10S. The predicted molar refractivity (Wildman–Crippen MR) is 192 cm³/mol. The summed E-state index contributed by atoms with van der Waals surface area (Å²) in [7, 11) is -4.08. The number of nitrogens with zero attached hydrogens (tertiary/aromatic N) is 3. The number of rotatable bonds is 17. The quantitative estimate of drug-likeness (QED) is 0.0463. The maximum atomic E-state index is 13.5. The highest BCUT2D eigenvalue weighted by Gasteiger charge is 2.38. The van der Waals surface area contributed by atoms with Crippen molar-refractivity contribution in [1.82, 2.24) is 9.88 Å². The first-order chi connectivity index (χ1) is 26.2. The molecule has 2 aromatic heterocycles. The van der Waals surface area contributed by atoms with Crippen LogP contribution in [0.15, 0.2) is 73.2 Å². The molecule has 19 heteroatoms. The van der Waals surface area contributed by atoms with Crippen molar-refractivity contribution in [2.75, 3.05) is 23.6 Å². The standard InChI is InChI=1S/C36H30Cl2F2N4O10S/c37-26-16-43(49)17-27(38)25(26)15-31(21-6-9-30(54-36(39)40)32(13-21)52-19-20-4-5-20)53-33(46)18-44-34(47)23-8-7-22(14-24(23)35(44)48)42-55(50,51)12-10-29(45)28-3-1-2-11-41-28/h1-3,6-9,11,13-14,16-17,20,31,36,42H,4-5,10,12,15,18-19H2/t31-/m0/s1. The second-order valence-electron chi connectivity index (χ2n) is 12.6. The summed E-state index contributed by atoms with van der Waals surface area (Å²) in [5.41, 5.74) is 0.146. The zero-order chi connectivity index (χ0) is 39.4. The average molecular weight is 820 g/mol. The van der Waals surface area contributed by atoms with Gasteiger partial charge >= 0.3 is 12.6 Å². The summed E-state index contributed by atoms with van der Waals surface area (Å²) in [4.78, 5) is 57.0. The Labute approximate surface area is 322 Å². The third-order valence-electron chi connectivity index (χ3n) is 8.53. The number of alkyl halides is 2. The lowest BCUT2D eigenvalue weighted by Crippen LogP contribution is -2.36. The topological polar surface area (TPSA) is 185 Å². The van der Waals surface area contributed by atoms with Crippen molar-refractivity contribution in [3.05, 3.63) is 116 Å². The van der Waals surface area contributed by atoms with Crippen molar-refractivity contribution in [2.45, 2.75) is 38.4 Å². The van der Waals surface area contributed by atoms with Gasteiger partial charge in [0.2, 0.25) is 10.0 Å². The SMILES string of the molecule is O=C(CN1C(=O)c2ccc(NS(=O)(=O)CCC(=O)c3ccccn3)cc2C1=O)O[C@@H](Cc1c(Cl)c[n+]([O-])cc1Cl)c1ccc(OC(F)F)c(OCC2CC2)c1.